The third-order valence-electron chi connectivity index (χ3n) is 11.3. The number of nitrogens with two attached hydrogens (primary N) is 1. The monoisotopic (exact) mass is 1110 g/mol. The Morgan fingerprint density at radius 3 is 1.97 bits per heavy atom. The van der Waals surface area contributed by atoms with Crippen molar-refractivity contribution in [3.8, 4) is 28.2 Å². The van der Waals surface area contributed by atoms with E-state index in [0.717, 1.165) is 4.57 Å². The number of fused-ring (bicyclic) bond motifs is 2. The number of hydrogen-bond acceptors (Lipinski definition) is 23. The number of aliphatic hydroxyl groups excluding tert-OH is 1. The molecule has 5 atom stereocenters. The van der Waals surface area contributed by atoms with E-state index >= 15 is 0 Å². The summed E-state index contributed by atoms with van der Waals surface area (Å²) >= 11 is 0. The number of nitrogens with one attached hydrogen (secondary N) is 1. The maximum absolute atomic E-state index is 13.2. The second-order valence-corrected chi connectivity index (χ2v) is 19.6. The lowest BCUT2D eigenvalue weighted by atomic mass is 9.89. The maximum atomic E-state index is 13.2. The van der Waals surface area contributed by atoms with Gasteiger partial charge in [-0.2, -0.15) is 4.98 Å². The van der Waals surface area contributed by atoms with Crippen LogP contribution < -0.4 is 32.0 Å². The number of phosphoric acid groups is 2. The van der Waals surface area contributed by atoms with Gasteiger partial charge in [0.1, 0.15) is 35.2 Å². The number of ether oxygens (including phenoxy) is 6. The van der Waals surface area contributed by atoms with Crippen molar-refractivity contribution in [3.63, 3.8) is 0 Å². The van der Waals surface area contributed by atoms with Gasteiger partial charge in [-0.25, -0.2) is 9.59 Å². The van der Waals surface area contributed by atoms with Crippen LogP contribution in [0.3, 0.4) is 0 Å². The summed E-state index contributed by atoms with van der Waals surface area (Å²) in [5.41, 5.74) is 5.87. The molecule has 1 saturated heterocycles. The summed E-state index contributed by atoms with van der Waals surface area (Å²) in [6.07, 6.45) is 0.600. The van der Waals surface area contributed by atoms with Crippen LogP contribution in [0.25, 0.3) is 33.4 Å². The van der Waals surface area contributed by atoms with Crippen LogP contribution in [0, 0.1) is 0 Å². The molecule has 0 saturated carbocycles. The molecule has 1 fully saturated rings. The van der Waals surface area contributed by atoms with Crippen LogP contribution in [-0.4, -0.2) is 148 Å². The summed E-state index contributed by atoms with van der Waals surface area (Å²) in [6, 6.07) is 14.1. The third kappa shape index (κ3) is 18.9. The number of anilines is 1. The SMILES string of the molecule is Nc1ccn([C@H]2C[C@@H](O)[C@@H](COP(=O)([O-])OCCOCCOCCOCCOCCOCCOP(=O)([O-])OCCCCCCNC(=O)c3ccc(C(=O)O)c(-c4c5ccc(=O)cc-5oc5cc(O)ccc45)c3)O2)c(=O)n1. The van der Waals surface area contributed by atoms with E-state index in [1.54, 1.807) is 6.07 Å². The molecule has 2 aromatic carbocycles. The third-order valence-corrected chi connectivity index (χ3v) is 13.2. The molecule has 416 valence electrons. The molecule has 76 heavy (non-hydrogen) atoms. The van der Waals surface area contributed by atoms with Gasteiger partial charge < -0.3 is 87.1 Å². The number of rotatable bonds is 35. The zero-order valence-corrected chi connectivity index (χ0v) is 43.0. The van der Waals surface area contributed by atoms with Gasteiger partial charge in [0, 0.05) is 53.4 Å². The molecule has 1 aliphatic carbocycles. The Morgan fingerprint density at radius 1 is 0.737 bits per heavy atom. The molecule has 0 bridgehead atoms. The lowest BCUT2D eigenvalue weighted by Crippen LogP contribution is -2.29. The highest BCUT2D eigenvalue weighted by atomic mass is 31.2. The van der Waals surface area contributed by atoms with E-state index in [-0.39, 0.29) is 137 Å². The topological polar surface area (TPSA) is 371 Å². The number of aromatic carboxylic acids is 1. The van der Waals surface area contributed by atoms with Crippen LogP contribution in [0.4, 0.5) is 5.82 Å². The molecule has 6 N–H and O–H groups in total. The van der Waals surface area contributed by atoms with Gasteiger partial charge in [0.15, 0.2) is 5.43 Å². The standard InChI is InChI=1S/C48H62N4O22P2/c49-43-11-13-52(48(59)51-43)44-30-39(55)42(74-44)31-72-76(62,63)71-26-24-68-22-20-66-18-16-64-15-17-65-19-21-67-23-25-70-75(60,61)69-14-4-2-1-3-12-50-46(56)32-5-8-35(47(57)58)38(27-32)45-36-9-6-33(53)28-40(36)73-41-29-34(54)7-10-37(41)45/h5-11,13,27-29,39,42,44,53,55H,1-4,12,14-26,30-31H2,(H,50,56)(H,57,58)(H,60,61)(H,62,63)(H2,49,51,59)/p-2/t39-,42-,44-/m1/s1. The zero-order valence-electron chi connectivity index (χ0n) is 41.2. The lowest BCUT2D eigenvalue weighted by molar-refractivity contribution is -0.229. The number of phosphoric ester groups is 2. The lowest BCUT2D eigenvalue weighted by Gasteiger charge is -2.25. The summed E-state index contributed by atoms with van der Waals surface area (Å²) in [4.78, 5) is 77.6. The number of carboxylic acid groups (broad SMARTS) is 1. The minimum atomic E-state index is -4.74. The van der Waals surface area contributed by atoms with Crippen molar-refractivity contribution in [3.05, 3.63) is 98.7 Å². The van der Waals surface area contributed by atoms with Crippen LogP contribution in [0.1, 0.15) is 59.0 Å². The molecule has 1 amide bonds. The first-order valence-electron chi connectivity index (χ1n) is 24.1. The number of benzene rings is 3. The number of phenolic OH excluding ortho intramolecular Hbond substituents is 1. The Kier molecular flexibility index (Phi) is 23.5. The first-order chi connectivity index (χ1) is 36.5. The van der Waals surface area contributed by atoms with E-state index in [9.17, 15) is 53.4 Å². The Morgan fingerprint density at radius 2 is 1.34 bits per heavy atom. The molecule has 2 unspecified atom stereocenters. The fourth-order valence-electron chi connectivity index (χ4n) is 7.61. The van der Waals surface area contributed by atoms with Crippen molar-refractivity contribution >= 4 is 44.3 Å². The highest BCUT2D eigenvalue weighted by molar-refractivity contribution is 7.46. The summed E-state index contributed by atoms with van der Waals surface area (Å²) in [7, 11) is -9.29. The number of aromatic nitrogens is 2. The van der Waals surface area contributed by atoms with Gasteiger partial charge >= 0.3 is 11.7 Å². The van der Waals surface area contributed by atoms with E-state index in [1.807, 2.05) is 0 Å². The number of aliphatic hydroxyl groups is 1. The first kappa shape index (κ1) is 59.7. The van der Waals surface area contributed by atoms with Crippen LogP contribution in [0.15, 0.2) is 80.9 Å². The van der Waals surface area contributed by atoms with Crippen LogP contribution >= 0.6 is 15.6 Å². The van der Waals surface area contributed by atoms with Gasteiger partial charge in [0.2, 0.25) is 0 Å². The van der Waals surface area contributed by atoms with Crippen molar-refractivity contribution in [2.75, 3.05) is 105 Å². The summed E-state index contributed by atoms with van der Waals surface area (Å²) in [5.74, 6) is -1.57. The molecule has 0 spiro atoms. The van der Waals surface area contributed by atoms with Crippen molar-refractivity contribution < 1.29 is 94.8 Å². The second-order valence-electron chi connectivity index (χ2n) is 16.8. The Labute approximate surface area is 435 Å². The number of carboxylic acids is 1. The molecule has 6 rings (SSSR count). The predicted molar refractivity (Wildman–Crippen MR) is 265 cm³/mol. The molecule has 3 aliphatic rings. The van der Waals surface area contributed by atoms with Gasteiger partial charge in [-0.15, -0.1) is 0 Å². The number of unbranched alkanes of at least 4 members (excludes halogenated alkanes) is 3. The summed E-state index contributed by atoms with van der Waals surface area (Å²) < 4.78 is 83.0. The molecule has 3 heterocycles. The van der Waals surface area contributed by atoms with Gasteiger partial charge in [-0.3, -0.25) is 23.3 Å². The Balaban J connectivity index is 0.715. The highest BCUT2D eigenvalue weighted by Crippen LogP contribution is 2.43. The fourth-order valence-corrected chi connectivity index (χ4v) is 9.03. The molecule has 26 nitrogen and oxygen atoms in total. The number of nitrogen functional groups attached to an aromatic ring is 1. The normalized spacial score (nSPS) is 17.2. The molecule has 2 aliphatic heterocycles. The molecule has 28 heteroatoms. The number of aromatic hydroxyl groups is 1. The van der Waals surface area contributed by atoms with Crippen molar-refractivity contribution in [1.29, 1.82) is 0 Å². The molecule has 1 aromatic heterocycles. The van der Waals surface area contributed by atoms with Crippen LogP contribution in [0.5, 0.6) is 5.75 Å². The van der Waals surface area contributed by atoms with Crippen molar-refractivity contribution in [2.45, 2.75) is 50.5 Å². The van der Waals surface area contributed by atoms with Gasteiger partial charge in [0.25, 0.3) is 21.6 Å². The van der Waals surface area contributed by atoms with Crippen molar-refractivity contribution in [1.82, 2.24) is 14.9 Å². The number of carbonyl (C=O) groups excluding carboxylic acids is 1. The van der Waals surface area contributed by atoms with Crippen LogP contribution in [-0.2, 0) is 55.6 Å². The molecule has 0 radical (unpaired) electrons. The van der Waals surface area contributed by atoms with E-state index in [1.165, 1.54) is 60.8 Å². The largest absolute Gasteiger partial charge is 0.756 e. The quantitative estimate of drug-likeness (QED) is 0.0221. The number of phenols is 1. The number of hydrogen-bond donors (Lipinski definition) is 5. The maximum Gasteiger partial charge on any atom is 0.351 e. The smallest absolute Gasteiger partial charge is 0.351 e. The average molecular weight is 1110 g/mol. The van der Waals surface area contributed by atoms with E-state index in [4.69, 9.17) is 56.7 Å². The number of carbonyl (C=O) groups is 2. The Hall–Kier alpha value is -5.51. The molecular weight excluding hydrogens is 1050 g/mol. The minimum Gasteiger partial charge on any atom is -0.756 e. The number of amides is 1. The molecular formula is C48H60N4O22P2-2. The van der Waals surface area contributed by atoms with Gasteiger partial charge in [-0.05, 0) is 66.9 Å². The summed E-state index contributed by atoms with van der Waals surface area (Å²) in [6.45, 7) is 0.938. The summed E-state index contributed by atoms with van der Waals surface area (Å²) in [5, 5.41) is 33.7. The highest BCUT2D eigenvalue weighted by Gasteiger charge is 2.36. The molecule has 3 aromatic rings. The van der Waals surface area contributed by atoms with Crippen LogP contribution in [0.2, 0.25) is 0 Å². The van der Waals surface area contributed by atoms with Crippen molar-refractivity contribution in [2.24, 2.45) is 0 Å². The second kappa shape index (κ2) is 29.9. The fraction of sp³-hybridized carbons (Fsp3) is 0.479. The first-order valence-corrected chi connectivity index (χ1v) is 27.0. The zero-order chi connectivity index (χ0) is 54.5. The van der Waals surface area contributed by atoms with E-state index in [0.29, 0.717) is 48.7 Å². The Bertz CT molecular complexity index is 2870. The predicted octanol–water partition coefficient (Wildman–Crippen LogP) is 2.83. The minimum absolute atomic E-state index is 0.00996. The number of nitrogens with zero attached hydrogens (tertiary/aromatic N) is 2. The van der Waals surface area contributed by atoms with Gasteiger partial charge in [-0.1, -0.05) is 12.8 Å². The van der Waals surface area contributed by atoms with E-state index < -0.39 is 58.3 Å². The van der Waals surface area contributed by atoms with Gasteiger partial charge in [0.05, 0.1) is 104 Å². The van der Waals surface area contributed by atoms with E-state index in [2.05, 4.69) is 10.3 Å². The average Bonchev–Trinajstić information content (AvgIpc) is 3.76.